The van der Waals surface area contributed by atoms with Crippen LogP contribution in [0.2, 0.25) is 0 Å². The van der Waals surface area contributed by atoms with Crippen molar-refractivity contribution in [3.8, 4) is 5.75 Å². The molecule has 6 heteroatoms. The third kappa shape index (κ3) is 5.80. The van der Waals surface area contributed by atoms with Gasteiger partial charge in [-0.05, 0) is 57.7 Å². The summed E-state index contributed by atoms with van der Waals surface area (Å²) in [5, 5.41) is 3.90. The zero-order valence-corrected chi connectivity index (χ0v) is 15.7. The highest BCUT2D eigenvalue weighted by Gasteiger charge is 2.05. The standard InChI is InChI=1S/C17H16Br2N2O2/c1-2-12-5-8-16(15(19)9-12)23-11-17(22)21-20-10-13-3-6-14(18)7-4-13/h3-10H,2,11H2,1H3,(H,21,22)/b20-10+. The van der Waals surface area contributed by atoms with Crippen molar-refractivity contribution in [3.05, 3.63) is 62.5 Å². The number of nitrogens with zero attached hydrogens (tertiary/aromatic N) is 1. The van der Waals surface area contributed by atoms with Crippen molar-refractivity contribution in [2.24, 2.45) is 5.10 Å². The van der Waals surface area contributed by atoms with E-state index in [1.807, 2.05) is 42.5 Å². The maximum Gasteiger partial charge on any atom is 0.277 e. The lowest BCUT2D eigenvalue weighted by atomic mass is 10.2. The van der Waals surface area contributed by atoms with E-state index in [1.165, 1.54) is 5.56 Å². The van der Waals surface area contributed by atoms with Crippen molar-refractivity contribution < 1.29 is 9.53 Å². The highest BCUT2D eigenvalue weighted by molar-refractivity contribution is 9.10. The van der Waals surface area contributed by atoms with Gasteiger partial charge in [0, 0.05) is 4.47 Å². The Morgan fingerprint density at radius 3 is 2.61 bits per heavy atom. The average molecular weight is 440 g/mol. The van der Waals surface area contributed by atoms with Crippen molar-refractivity contribution >= 4 is 44.0 Å². The Kier molecular flexibility index (Phi) is 6.80. The summed E-state index contributed by atoms with van der Waals surface area (Å²) in [6.45, 7) is 1.99. The third-order valence-electron chi connectivity index (χ3n) is 3.04. The van der Waals surface area contributed by atoms with Gasteiger partial charge >= 0.3 is 0 Å². The molecule has 0 bridgehead atoms. The molecule has 0 aliphatic carbocycles. The molecule has 1 N–H and O–H groups in total. The molecule has 0 fully saturated rings. The molecule has 0 aliphatic rings. The summed E-state index contributed by atoms with van der Waals surface area (Å²) in [4.78, 5) is 11.7. The molecule has 0 radical (unpaired) electrons. The lowest BCUT2D eigenvalue weighted by Crippen LogP contribution is -2.24. The summed E-state index contributed by atoms with van der Waals surface area (Å²) in [5.74, 6) is 0.319. The second-order valence-corrected chi connectivity index (χ2v) is 6.52. The molecule has 23 heavy (non-hydrogen) atoms. The van der Waals surface area contributed by atoms with E-state index in [9.17, 15) is 4.79 Å². The molecule has 0 aromatic heterocycles. The zero-order valence-electron chi connectivity index (χ0n) is 12.6. The zero-order chi connectivity index (χ0) is 16.7. The number of ether oxygens (including phenoxy) is 1. The minimum absolute atomic E-state index is 0.0955. The minimum Gasteiger partial charge on any atom is -0.483 e. The molecule has 2 aromatic carbocycles. The van der Waals surface area contributed by atoms with Crippen molar-refractivity contribution in [1.82, 2.24) is 5.43 Å². The van der Waals surface area contributed by atoms with Gasteiger partial charge in [-0.3, -0.25) is 4.79 Å². The maximum absolute atomic E-state index is 11.7. The molecule has 2 rings (SSSR count). The molecule has 0 atom stereocenters. The number of carbonyl (C=O) groups excluding carboxylic acids is 1. The number of amides is 1. The Labute approximate surface area is 152 Å². The summed E-state index contributed by atoms with van der Waals surface area (Å²) in [5.41, 5.74) is 4.53. The number of nitrogens with one attached hydrogen (secondary N) is 1. The summed E-state index contributed by atoms with van der Waals surface area (Å²) < 4.78 is 7.31. The fourth-order valence-corrected chi connectivity index (χ4v) is 2.59. The van der Waals surface area contributed by atoms with Crippen LogP contribution in [0.5, 0.6) is 5.75 Å². The molecule has 0 saturated heterocycles. The summed E-state index contributed by atoms with van der Waals surface area (Å²) in [6, 6.07) is 13.4. The van der Waals surface area contributed by atoms with Crippen LogP contribution in [-0.4, -0.2) is 18.7 Å². The predicted molar refractivity (Wildman–Crippen MR) is 98.9 cm³/mol. The molecule has 0 saturated carbocycles. The highest BCUT2D eigenvalue weighted by atomic mass is 79.9. The SMILES string of the molecule is CCc1ccc(OCC(=O)N/N=C/c2ccc(Br)cc2)c(Br)c1. The van der Waals surface area contributed by atoms with Crippen LogP contribution in [0.3, 0.4) is 0 Å². The van der Waals surface area contributed by atoms with Gasteiger partial charge in [0.1, 0.15) is 5.75 Å². The number of hydrogen-bond acceptors (Lipinski definition) is 3. The van der Waals surface area contributed by atoms with Crippen molar-refractivity contribution in [2.75, 3.05) is 6.61 Å². The summed E-state index contributed by atoms with van der Waals surface area (Å²) in [7, 11) is 0. The second-order valence-electron chi connectivity index (χ2n) is 4.75. The largest absolute Gasteiger partial charge is 0.483 e. The number of hydrogen-bond donors (Lipinski definition) is 1. The molecule has 4 nitrogen and oxygen atoms in total. The Hall–Kier alpha value is -1.66. The Balaban J connectivity index is 1.82. The van der Waals surface area contributed by atoms with Gasteiger partial charge in [-0.15, -0.1) is 0 Å². The van der Waals surface area contributed by atoms with E-state index in [-0.39, 0.29) is 12.5 Å². The van der Waals surface area contributed by atoms with Gasteiger partial charge < -0.3 is 4.74 Å². The Bertz CT molecular complexity index is 700. The first-order valence-corrected chi connectivity index (χ1v) is 8.65. The van der Waals surface area contributed by atoms with Crippen LogP contribution in [0, 0.1) is 0 Å². The molecule has 0 spiro atoms. The number of carbonyl (C=O) groups is 1. The van der Waals surface area contributed by atoms with Crippen molar-refractivity contribution in [3.63, 3.8) is 0 Å². The molecular formula is C17H16Br2N2O2. The molecule has 120 valence electrons. The fraction of sp³-hybridized carbons (Fsp3) is 0.176. The topological polar surface area (TPSA) is 50.7 Å². The molecule has 0 heterocycles. The monoisotopic (exact) mass is 438 g/mol. The fourth-order valence-electron chi connectivity index (χ4n) is 1.78. The summed E-state index contributed by atoms with van der Waals surface area (Å²) >= 11 is 6.80. The Morgan fingerprint density at radius 1 is 1.22 bits per heavy atom. The van der Waals surface area contributed by atoms with E-state index in [1.54, 1.807) is 6.21 Å². The minimum atomic E-state index is -0.315. The van der Waals surface area contributed by atoms with E-state index in [4.69, 9.17) is 4.74 Å². The number of aryl methyl sites for hydroxylation is 1. The summed E-state index contributed by atoms with van der Waals surface area (Å²) in [6.07, 6.45) is 2.53. The van der Waals surface area contributed by atoms with Crippen molar-refractivity contribution in [2.45, 2.75) is 13.3 Å². The predicted octanol–water partition coefficient (Wildman–Crippen LogP) is 4.30. The van der Waals surface area contributed by atoms with Crippen LogP contribution >= 0.6 is 31.9 Å². The van der Waals surface area contributed by atoms with Gasteiger partial charge in [0.05, 0.1) is 10.7 Å². The quantitative estimate of drug-likeness (QED) is 0.538. The number of hydrazone groups is 1. The highest BCUT2D eigenvalue weighted by Crippen LogP contribution is 2.26. The normalized spacial score (nSPS) is 10.7. The lowest BCUT2D eigenvalue weighted by Gasteiger charge is -2.08. The Morgan fingerprint density at radius 2 is 1.96 bits per heavy atom. The van der Waals surface area contributed by atoms with E-state index >= 15 is 0 Å². The van der Waals surface area contributed by atoms with Crippen LogP contribution in [0.1, 0.15) is 18.1 Å². The van der Waals surface area contributed by atoms with Crippen LogP contribution < -0.4 is 10.2 Å². The van der Waals surface area contributed by atoms with Gasteiger partial charge in [-0.25, -0.2) is 5.43 Å². The van der Waals surface area contributed by atoms with Crippen LogP contribution in [-0.2, 0) is 11.2 Å². The first-order valence-electron chi connectivity index (χ1n) is 7.07. The van der Waals surface area contributed by atoms with Gasteiger partial charge in [-0.2, -0.15) is 5.10 Å². The second kappa shape index (κ2) is 8.84. The molecular weight excluding hydrogens is 424 g/mol. The van der Waals surface area contributed by atoms with E-state index in [0.717, 1.165) is 20.9 Å². The van der Waals surface area contributed by atoms with E-state index in [2.05, 4.69) is 49.3 Å². The van der Waals surface area contributed by atoms with E-state index in [0.29, 0.717) is 5.75 Å². The van der Waals surface area contributed by atoms with Crippen LogP contribution in [0.15, 0.2) is 56.5 Å². The van der Waals surface area contributed by atoms with Gasteiger partial charge in [-0.1, -0.05) is 41.1 Å². The first-order chi connectivity index (χ1) is 11.1. The average Bonchev–Trinajstić information content (AvgIpc) is 2.55. The number of benzene rings is 2. The van der Waals surface area contributed by atoms with Crippen LogP contribution in [0.25, 0.3) is 0 Å². The molecule has 1 amide bonds. The van der Waals surface area contributed by atoms with Crippen LogP contribution in [0.4, 0.5) is 0 Å². The van der Waals surface area contributed by atoms with Gasteiger partial charge in [0.15, 0.2) is 6.61 Å². The maximum atomic E-state index is 11.7. The number of rotatable bonds is 6. The van der Waals surface area contributed by atoms with Gasteiger partial charge in [0.25, 0.3) is 5.91 Å². The smallest absolute Gasteiger partial charge is 0.277 e. The third-order valence-corrected chi connectivity index (χ3v) is 4.18. The lowest BCUT2D eigenvalue weighted by molar-refractivity contribution is -0.123. The van der Waals surface area contributed by atoms with E-state index < -0.39 is 0 Å². The molecule has 0 unspecified atom stereocenters. The van der Waals surface area contributed by atoms with Gasteiger partial charge in [0.2, 0.25) is 0 Å². The molecule has 2 aromatic rings. The van der Waals surface area contributed by atoms with Crippen molar-refractivity contribution in [1.29, 1.82) is 0 Å². The molecule has 0 aliphatic heterocycles. The first kappa shape index (κ1) is 17.7. The number of halogens is 2.